The monoisotopic (exact) mass is 180 g/mol. The summed E-state index contributed by atoms with van der Waals surface area (Å²) in [5.74, 6) is -0.238. The molecule has 1 atom stereocenters. The van der Waals surface area contributed by atoms with Gasteiger partial charge in [0.25, 0.3) is 0 Å². The van der Waals surface area contributed by atoms with Gasteiger partial charge < -0.3 is 11.1 Å². The Labute approximate surface area is 76.4 Å². The van der Waals surface area contributed by atoms with E-state index < -0.39 is 6.04 Å². The van der Waals surface area contributed by atoms with Crippen LogP contribution in [0.25, 0.3) is 0 Å². The molecule has 1 aromatic heterocycles. The number of aromatic nitrogens is 2. The maximum absolute atomic E-state index is 11.2. The predicted octanol–water partition coefficient (Wildman–Crippen LogP) is 0.0707. The van der Waals surface area contributed by atoms with E-state index in [4.69, 9.17) is 5.73 Å². The highest BCUT2D eigenvalue weighted by Gasteiger charge is 2.08. The Morgan fingerprint density at radius 1 is 1.69 bits per heavy atom. The third-order valence-corrected chi connectivity index (χ3v) is 1.58. The van der Waals surface area contributed by atoms with Gasteiger partial charge in [0.05, 0.1) is 23.6 Å². The van der Waals surface area contributed by atoms with E-state index in [-0.39, 0.29) is 5.91 Å². The highest BCUT2D eigenvalue weighted by atomic mass is 16.2. The molecule has 0 fully saturated rings. The SMILES string of the molecule is Cc1ncncc1NC(=O)[C@H](C)N. The molecule has 0 saturated carbocycles. The Balaban J connectivity index is 2.75. The molecule has 1 heterocycles. The van der Waals surface area contributed by atoms with Crippen molar-refractivity contribution in [2.24, 2.45) is 5.73 Å². The minimum absolute atomic E-state index is 0.238. The molecule has 0 unspecified atom stereocenters. The number of nitrogens with zero attached hydrogens (tertiary/aromatic N) is 2. The highest BCUT2D eigenvalue weighted by Crippen LogP contribution is 2.08. The number of rotatable bonds is 2. The van der Waals surface area contributed by atoms with Crippen LogP contribution in [0.15, 0.2) is 12.5 Å². The summed E-state index contributed by atoms with van der Waals surface area (Å²) in [5.41, 5.74) is 6.71. The molecule has 13 heavy (non-hydrogen) atoms. The minimum atomic E-state index is -0.528. The van der Waals surface area contributed by atoms with Crippen LogP contribution in [0.2, 0.25) is 0 Å². The van der Waals surface area contributed by atoms with E-state index >= 15 is 0 Å². The maximum atomic E-state index is 11.2. The van der Waals surface area contributed by atoms with Crippen molar-refractivity contribution in [2.75, 3.05) is 5.32 Å². The normalized spacial score (nSPS) is 12.2. The fourth-order valence-electron chi connectivity index (χ4n) is 0.760. The van der Waals surface area contributed by atoms with Crippen LogP contribution in [0.5, 0.6) is 0 Å². The van der Waals surface area contributed by atoms with Crippen LogP contribution in [0.4, 0.5) is 5.69 Å². The first-order valence-corrected chi connectivity index (χ1v) is 3.94. The first-order chi connectivity index (χ1) is 6.11. The lowest BCUT2D eigenvalue weighted by Gasteiger charge is -2.08. The van der Waals surface area contributed by atoms with Crippen molar-refractivity contribution in [3.8, 4) is 0 Å². The summed E-state index contributed by atoms with van der Waals surface area (Å²) >= 11 is 0. The van der Waals surface area contributed by atoms with Crippen LogP contribution in [-0.2, 0) is 4.79 Å². The van der Waals surface area contributed by atoms with Crippen molar-refractivity contribution in [1.82, 2.24) is 9.97 Å². The molecule has 0 saturated heterocycles. The summed E-state index contributed by atoms with van der Waals surface area (Å²) in [7, 11) is 0. The smallest absolute Gasteiger partial charge is 0.241 e. The zero-order chi connectivity index (χ0) is 9.84. The quantitative estimate of drug-likeness (QED) is 0.674. The Morgan fingerprint density at radius 2 is 2.38 bits per heavy atom. The molecule has 0 aliphatic rings. The lowest BCUT2D eigenvalue weighted by atomic mass is 10.3. The summed E-state index contributed by atoms with van der Waals surface area (Å²) in [6.07, 6.45) is 2.97. The van der Waals surface area contributed by atoms with Crippen LogP contribution < -0.4 is 11.1 Å². The van der Waals surface area contributed by atoms with Crippen molar-refractivity contribution >= 4 is 11.6 Å². The van der Waals surface area contributed by atoms with E-state index in [1.807, 2.05) is 0 Å². The van der Waals surface area contributed by atoms with Crippen molar-refractivity contribution in [1.29, 1.82) is 0 Å². The molecule has 1 rings (SSSR count). The molecule has 0 radical (unpaired) electrons. The Hall–Kier alpha value is -1.49. The van der Waals surface area contributed by atoms with E-state index in [1.165, 1.54) is 6.33 Å². The molecular formula is C8H12N4O. The third-order valence-electron chi connectivity index (χ3n) is 1.58. The lowest BCUT2D eigenvalue weighted by molar-refractivity contribution is -0.117. The van der Waals surface area contributed by atoms with E-state index in [9.17, 15) is 4.79 Å². The average molecular weight is 180 g/mol. The van der Waals surface area contributed by atoms with Crippen LogP contribution in [0, 0.1) is 6.92 Å². The van der Waals surface area contributed by atoms with Gasteiger partial charge in [0.2, 0.25) is 5.91 Å². The highest BCUT2D eigenvalue weighted by molar-refractivity contribution is 5.94. The van der Waals surface area contributed by atoms with Crippen molar-refractivity contribution in [3.05, 3.63) is 18.2 Å². The number of hydrogen-bond donors (Lipinski definition) is 2. The van der Waals surface area contributed by atoms with Gasteiger partial charge in [-0.1, -0.05) is 0 Å². The van der Waals surface area contributed by atoms with Gasteiger partial charge in [-0.15, -0.1) is 0 Å². The number of nitrogens with two attached hydrogens (primary N) is 1. The number of hydrogen-bond acceptors (Lipinski definition) is 4. The van der Waals surface area contributed by atoms with E-state index in [2.05, 4.69) is 15.3 Å². The number of amides is 1. The predicted molar refractivity (Wildman–Crippen MR) is 49.0 cm³/mol. The van der Waals surface area contributed by atoms with Crippen molar-refractivity contribution < 1.29 is 4.79 Å². The van der Waals surface area contributed by atoms with Gasteiger partial charge in [0.1, 0.15) is 6.33 Å². The van der Waals surface area contributed by atoms with Crippen LogP contribution in [0.1, 0.15) is 12.6 Å². The molecule has 5 heteroatoms. The van der Waals surface area contributed by atoms with Gasteiger partial charge in [0, 0.05) is 0 Å². The Bertz CT molecular complexity index is 311. The van der Waals surface area contributed by atoms with Crippen LogP contribution >= 0.6 is 0 Å². The molecular weight excluding hydrogens is 168 g/mol. The van der Waals surface area contributed by atoms with E-state index in [1.54, 1.807) is 20.0 Å². The van der Waals surface area contributed by atoms with Gasteiger partial charge in [-0.25, -0.2) is 9.97 Å². The summed E-state index contributed by atoms with van der Waals surface area (Å²) < 4.78 is 0. The van der Waals surface area contributed by atoms with Crippen LogP contribution in [-0.4, -0.2) is 21.9 Å². The molecule has 0 bridgehead atoms. The fraction of sp³-hybridized carbons (Fsp3) is 0.375. The first kappa shape index (κ1) is 9.60. The zero-order valence-electron chi connectivity index (χ0n) is 7.61. The van der Waals surface area contributed by atoms with Gasteiger partial charge in [-0.3, -0.25) is 4.79 Å². The van der Waals surface area contributed by atoms with Gasteiger partial charge >= 0.3 is 0 Å². The third kappa shape index (κ3) is 2.48. The largest absolute Gasteiger partial charge is 0.322 e. The summed E-state index contributed by atoms with van der Waals surface area (Å²) in [6, 6.07) is -0.528. The number of anilines is 1. The van der Waals surface area contributed by atoms with Gasteiger partial charge in [-0.05, 0) is 13.8 Å². The topological polar surface area (TPSA) is 80.9 Å². The molecule has 0 aliphatic heterocycles. The molecule has 1 aromatic rings. The maximum Gasteiger partial charge on any atom is 0.241 e. The second-order valence-corrected chi connectivity index (χ2v) is 2.80. The van der Waals surface area contributed by atoms with Gasteiger partial charge in [-0.2, -0.15) is 0 Å². The molecule has 0 spiro atoms. The number of aryl methyl sites for hydroxylation is 1. The fourth-order valence-corrected chi connectivity index (χ4v) is 0.760. The van der Waals surface area contributed by atoms with Crippen molar-refractivity contribution in [3.63, 3.8) is 0 Å². The molecule has 0 aliphatic carbocycles. The summed E-state index contributed by atoms with van der Waals surface area (Å²) in [4.78, 5) is 18.9. The lowest BCUT2D eigenvalue weighted by Crippen LogP contribution is -2.32. The molecule has 3 N–H and O–H groups in total. The summed E-state index contributed by atoms with van der Waals surface area (Å²) in [5, 5.41) is 2.62. The molecule has 5 nitrogen and oxygen atoms in total. The second kappa shape index (κ2) is 3.95. The second-order valence-electron chi connectivity index (χ2n) is 2.80. The summed E-state index contributed by atoms with van der Waals surface area (Å²) in [6.45, 7) is 3.41. The standard InChI is InChI=1S/C8H12N4O/c1-5(9)8(13)12-7-3-10-4-11-6(7)2/h3-5H,9H2,1-2H3,(H,12,13)/t5-/m0/s1. The number of carbonyl (C=O) groups is 1. The Kier molecular flexibility index (Phi) is 2.92. The van der Waals surface area contributed by atoms with Gasteiger partial charge in [0.15, 0.2) is 0 Å². The van der Waals surface area contributed by atoms with Crippen LogP contribution in [0.3, 0.4) is 0 Å². The zero-order valence-corrected chi connectivity index (χ0v) is 7.61. The van der Waals surface area contributed by atoms with Crippen molar-refractivity contribution in [2.45, 2.75) is 19.9 Å². The number of carbonyl (C=O) groups excluding carboxylic acids is 1. The average Bonchev–Trinajstić information content (AvgIpc) is 2.08. The molecule has 70 valence electrons. The van der Waals surface area contributed by atoms with E-state index in [0.29, 0.717) is 5.69 Å². The molecule has 0 aromatic carbocycles. The molecule has 1 amide bonds. The minimum Gasteiger partial charge on any atom is -0.322 e. The first-order valence-electron chi connectivity index (χ1n) is 3.94. The van der Waals surface area contributed by atoms with E-state index in [0.717, 1.165) is 5.69 Å². The Morgan fingerprint density at radius 3 is 2.92 bits per heavy atom. The number of nitrogens with one attached hydrogen (secondary N) is 1.